The van der Waals surface area contributed by atoms with E-state index in [0.717, 1.165) is 0 Å². The van der Waals surface area contributed by atoms with Gasteiger partial charge in [-0.2, -0.15) is 17.7 Å². The molecule has 0 amide bonds. The first-order valence-corrected chi connectivity index (χ1v) is 7.50. The van der Waals surface area contributed by atoms with Crippen LogP contribution < -0.4 is 4.57 Å². The summed E-state index contributed by atoms with van der Waals surface area (Å²) < 4.78 is 65.9. The Morgan fingerprint density at radius 2 is 1.61 bits per heavy atom. The Kier molecular flexibility index (Phi) is 6.44. The highest BCUT2D eigenvalue weighted by molar-refractivity contribution is 7.86. The summed E-state index contributed by atoms with van der Waals surface area (Å²) in [7, 11) is -6.09. The summed E-state index contributed by atoms with van der Waals surface area (Å²) in [5.74, 6) is 0. The van der Waals surface area contributed by atoms with Gasteiger partial charge in [-0.15, -0.1) is 0 Å². The first-order chi connectivity index (χ1) is 10.5. The summed E-state index contributed by atoms with van der Waals surface area (Å²) in [6.07, 6.45) is 0.0408. The third-order valence-electron chi connectivity index (χ3n) is 2.83. The zero-order valence-electron chi connectivity index (χ0n) is 11.4. The molecule has 2 heterocycles. The molecule has 1 aliphatic heterocycles. The van der Waals surface area contributed by atoms with Crippen molar-refractivity contribution in [2.75, 3.05) is 6.61 Å². The lowest BCUT2D eigenvalue weighted by Crippen LogP contribution is -2.45. The predicted molar refractivity (Wildman–Crippen MR) is 65.4 cm³/mol. The summed E-state index contributed by atoms with van der Waals surface area (Å²) >= 11 is 0. The number of ether oxygens (including phenoxy) is 1. The van der Waals surface area contributed by atoms with Crippen molar-refractivity contribution in [3.8, 4) is 0 Å². The number of alkyl halides is 3. The summed E-state index contributed by atoms with van der Waals surface area (Å²) in [5, 5.41) is 28.2. The molecular formula is C11H14F3NO7S. The van der Waals surface area contributed by atoms with Crippen LogP contribution in [0.1, 0.15) is 6.23 Å². The molecule has 1 aliphatic rings. The molecule has 23 heavy (non-hydrogen) atoms. The Bertz CT molecular complexity index is 595. The minimum absolute atomic E-state index is 0.303. The third-order valence-corrected chi connectivity index (χ3v) is 3.40. The molecule has 1 fully saturated rings. The van der Waals surface area contributed by atoms with Crippen molar-refractivity contribution in [1.82, 2.24) is 0 Å². The predicted octanol–water partition coefficient (Wildman–Crippen LogP) is -1.36. The highest BCUT2D eigenvalue weighted by atomic mass is 32.2. The van der Waals surface area contributed by atoms with Gasteiger partial charge in [-0.1, -0.05) is 6.07 Å². The Hall–Kier alpha value is -1.31. The molecule has 1 unspecified atom stereocenters. The molecule has 0 radical (unpaired) electrons. The number of hydrogen-bond donors (Lipinski definition) is 3. The van der Waals surface area contributed by atoms with Crippen LogP contribution in [0.4, 0.5) is 13.2 Å². The van der Waals surface area contributed by atoms with E-state index < -0.39 is 40.2 Å². The van der Waals surface area contributed by atoms with Crippen molar-refractivity contribution in [1.29, 1.82) is 0 Å². The lowest BCUT2D eigenvalue weighted by atomic mass is 10.1. The molecule has 4 atom stereocenters. The summed E-state index contributed by atoms with van der Waals surface area (Å²) in [5.41, 5.74) is -5.65. The quantitative estimate of drug-likeness (QED) is 0.337. The molecule has 0 spiro atoms. The molecule has 0 saturated carbocycles. The van der Waals surface area contributed by atoms with E-state index in [2.05, 4.69) is 0 Å². The average molecular weight is 361 g/mol. The number of pyridine rings is 1. The van der Waals surface area contributed by atoms with Gasteiger partial charge < -0.3 is 24.6 Å². The SMILES string of the molecule is O=S(=O)([O-])C(F)(F)F.OC[C@H]1OC([n+]2ccccc2)[C@H](O)[C@@H]1O. The molecule has 1 aromatic heterocycles. The molecule has 1 saturated heterocycles. The lowest BCUT2D eigenvalue weighted by molar-refractivity contribution is -0.765. The van der Waals surface area contributed by atoms with Crippen LogP contribution in [0.25, 0.3) is 0 Å². The van der Waals surface area contributed by atoms with Crippen molar-refractivity contribution in [3.05, 3.63) is 30.6 Å². The maximum Gasteiger partial charge on any atom is 0.485 e. The molecule has 132 valence electrons. The van der Waals surface area contributed by atoms with Crippen LogP contribution in [-0.2, 0) is 14.9 Å². The van der Waals surface area contributed by atoms with Crippen LogP contribution in [0.3, 0.4) is 0 Å². The highest BCUT2D eigenvalue weighted by Crippen LogP contribution is 2.24. The van der Waals surface area contributed by atoms with Gasteiger partial charge >= 0.3 is 5.51 Å². The van der Waals surface area contributed by atoms with Crippen LogP contribution in [-0.4, -0.2) is 58.7 Å². The van der Waals surface area contributed by atoms with Crippen molar-refractivity contribution >= 4 is 10.1 Å². The number of nitrogens with zero attached hydrogens (tertiary/aromatic N) is 1. The number of halogens is 3. The van der Waals surface area contributed by atoms with E-state index in [1.807, 2.05) is 6.07 Å². The Morgan fingerprint density at radius 1 is 1.13 bits per heavy atom. The second-order valence-corrected chi connectivity index (χ2v) is 5.82. The first kappa shape index (κ1) is 19.7. The molecular weight excluding hydrogens is 347 g/mol. The Labute approximate surface area is 129 Å². The fourth-order valence-corrected chi connectivity index (χ4v) is 1.71. The maximum absolute atomic E-state index is 10.7. The molecule has 0 aromatic carbocycles. The second-order valence-electron chi connectivity index (χ2n) is 4.45. The van der Waals surface area contributed by atoms with Crippen molar-refractivity contribution in [2.45, 2.75) is 30.0 Å². The molecule has 0 aliphatic carbocycles. The third kappa shape index (κ3) is 5.09. The zero-order valence-corrected chi connectivity index (χ0v) is 12.2. The normalized spacial score (nSPS) is 28.1. The number of rotatable bonds is 2. The van der Waals surface area contributed by atoms with E-state index in [0.29, 0.717) is 0 Å². The van der Waals surface area contributed by atoms with Crippen LogP contribution in [0, 0.1) is 0 Å². The van der Waals surface area contributed by atoms with Gasteiger partial charge in [-0.25, -0.2) is 8.42 Å². The van der Waals surface area contributed by atoms with Gasteiger partial charge in [0.25, 0.3) is 6.23 Å². The number of aliphatic hydroxyl groups is 3. The molecule has 0 bridgehead atoms. The largest absolute Gasteiger partial charge is 0.741 e. The van der Waals surface area contributed by atoms with Crippen LogP contribution in [0.5, 0.6) is 0 Å². The minimum Gasteiger partial charge on any atom is -0.741 e. The Morgan fingerprint density at radius 3 is 1.96 bits per heavy atom. The summed E-state index contributed by atoms with van der Waals surface area (Å²) in [6.45, 7) is -0.303. The van der Waals surface area contributed by atoms with Gasteiger partial charge in [-0.3, -0.25) is 0 Å². The van der Waals surface area contributed by atoms with E-state index in [-0.39, 0.29) is 6.61 Å². The first-order valence-electron chi connectivity index (χ1n) is 6.09. The molecule has 3 N–H and O–H groups in total. The van der Waals surface area contributed by atoms with Crippen LogP contribution in [0.15, 0.2) is 30.6 Å². The van der Waals surface area contributed by atoms with Crippen LogP contribution >= 0.6 is 0 Å². The Balaban J connectivity index is 0.000000284. The van der Waals surface area contributed by atoms with Crippen molar-refractivity contribution in [2.24, 2.45) is 0 Å². The fraction of sp³-hybridized carbons (Fsp3) is 0.545. The number of hydrogen-bond acceptors (Lipinski definition) is 7. The topological polar surface area (TPSA) is 131 Å². The van der Waals surface area contributed by atoms with Gasteiger partial charge in [0.2, 0.25) is 0 Å². The second kappa shape index (κ2) is 7.51. The van der Waals surface area contributed by atoms with E-state index in [1.54, 1.807) is 29.1 Å². The highest BCUT2D eigenvalue weighted by Gasteiger charge is 2.47. The van der Waals surface area contributed by atoms with Gasteiger partial charge in [0, 0.05) is 12.1 Å². The smallest absolute Gasteiger partial charge is 0.485 e. The maximum atomic E-state index is 10.7. The summed E-state index contributed by atoms with van der Waals surface area (Å²) in [6, 6.07) is 5.45. The van der Waals surface area contributed by atoms with E-state index >= 15 is 0 Å². The van der Waals surface area contributed by atoms with Gasteiger partial charge in [0.15, 0.2) is 28.6 Å². The van der Waals surface area contributed by atoms with E-state index in [4.69, 9.17) is 22.8 Å². The molecule has 12 heteroatoms. The lowest BCUT2D eigenvalue weighted by Gasteiger charge is -2.09. The van der Waals surface area contributed by atoms with E-state index in [9.17, 15) is 23.4 Å². The number of aliphatic hydroxyl groups excluding tert-OH is 3. The zero-order chi connectivity index (χ0) is 17.8. The molecule has 8 nitrogen and oxygen atoms in total. The van der Waals surface area contributed by atoms with E-state index in [1.165, 1.54) is 0 Å². The standard InChI is InChI=1S/C10H14NO4.CHF3O3S/c12-6-7-8(13)9(14)10(15-7)11-4-2-1-3-5-11;2-1(3,4)8(5,6)7/h1-5,7-10,12-14H,6H2;(H,5,6,7)/q+1;/p-1/t7-,8-,9-,10?;/m1./s1. The molecule has 1 aromatic rings. The van der Waals surface area contributed by atoms with Crippen molar-refractivity contribution < 1.29 is 50.8 Å². The monoisotopic (exact) mass is 361 g/mol. The van der Waals surface area contributed by atoms with Crippen LogP contribution in [0.2, 0.25) is 0 Å². The summed E-state index contributed by atoms with van der Waals surface area (Å²) in [4.78, 5) is 0. The van der Waals surface area contributed by atoms with Gasteiger partial charge in [0.1, 0.15) is 12.2 Å². The molecule has 2 rings (SSSR count). The van der Waals surface area contributed by atoms with Crippen molar-refractivity contribution in [3.63, 3.8) is 0 Å². The van der Waals surface area contributed by atoms with Gasteiger partial charge in [0.05, 0.1) is 6.61 Å². The average Bonchev–Trinajstić information content (AvgIpc) is 2.74. The van der Waals surface area contributed by atoms with Gasteiger partial charge in [-0.05, 0) is 0 Å². The minimum atomic E-state index is -6.09. The fourth-order valence-electron chi connectivity index (χ4n) is 1.71. The number of aromatic nitrogens is 1.